The highest BCUT2D eigenvalue weighted by atomic mass is 32.1. The summed E-state index contributed by atoms with van der Waals surface area (Å²) in [7, 11) is 0. The first-order valence-corrected chi connectivity index (χ1v) is 7.09. The Hall–Kier alpha value is -0.870. The van der Waals surface area contributed by atoms with E-state index in [-0.39, 0.29) is 12.0 Å². The molecule has 2 heterocycles. The summed E-state index contributed by atoms with van der Waals surface area (Å²) in [4.78, 5) is 15.2. The molecule has 0 N–H and O–H groups in total. The van der Waals surface area contributed by atoms with Gasteiger partial charge in [-0.25, -0.2) is 0 Å². The molecule has 4 heteroatoms. The summed E-state index contributed by atoms with van der Waals surface area (Å²) in [6, 6.07) is 2.15. The van der Waals surface area contributed by atoms with Gasteiger partial charge in [-0.1, -0.05) is 0 Å². The molecule has 0 saturated carbocycles. The Bertz CT molecular complexity index is 385. The van der Waals surface area contributed by atoms with E-state index in [1.165, 1.54) is 10.4 Å². The van der Waals surface area contributed by atoms with Crippen molar-refractivity contribution in [2.75, 3.05) is 19.7 Å². The number of hydrogen-bond donors (Lipinski definition) is 0. The zero-order valence-electron chi connectivity index (χ0n) is 10.4. The molecule has 3 nitrogen and oxygen atoms in total. The summed E-state index contributed by atoms with van der Waals surface area (Å²) >= 11 is 1.71. The van der Waals surface area contributed by atoms with Gasteiger partial charge in [0.05, 0.1) is 13.0 Å². The van der Waals surface area contributed by atoms with Crippen LogP contribution in [-0.2, 0) is 16.0 Å². The summed E-state index contributed by atoms with van der Waals surface area (Å²) in [6.07, 6.45) is 1.44. The molecule has 0 aliphatic carbocycles. The molecule has 0 bridgehead atoms. The van der Waals surface area contributed by atoms with Crippen LogP contribution in [0.4, 0.5) is 0 Å². The minimum absolute atomic E-state index is 0.0214. The number of carbonyl (C=O) groups excluding carboxylic acids is 1. The summed E-state index contributed by atoms with van der Waals surface area (Å²) in [6.45, 7) is 6.32. The Morgan fingerprint density at radius 1 is 1.53 bits per heavy atom. The highest BCUT2D eigenvalue weighted by Crippen LogP contribution is 2.34. The number of fused-ring (bicyclic) bond motifs is 1. The molecule has 17 heavy (non-hydrogen) atoms. The SMILES string of the molecule is CCN(CC)C(=O)CC1OCCc2ccsc21. The van der Waals surface area contributed by atoms with Crippen molar-refractivity contribution in [3.05, 3.63) is 21.9 Å². The zero-order valence-corrected chi connectivity index (χ0v) is 11.3. The fourth-order valence-electron chi connectivity index (χ4n) is 2.24. The predicted octanol–water partition coefficient (Wildman–Crippen LogP) is 2.62. The number of amides is 1. The topological polar surface area (TPSA) is 29.5 Å². The van der Waals surface area contributed by atoms with E-state index in [1.807, 2.05) is 18.7 Å². The third-order valence-corrected chi connectivity index (χ3v) is 4.29. The summed E-state index contributed by atoms with van der Waals surface area (Å²) in [5, 5.41) is 2.09. The van der Waals surface area contributed by atoms with Crippen LogP contribution in [0, 0.1) is 0 Å². The second kappa shape index (κ2) is 5.65. The van der Waals surface area contributed by atoms with E-state index in [4.69, 9.17) is 4.74 Å². The fourth-order valence-corrected chi connectivity index (χ4v) is 3.24. The zero-order chi connectivity index (χ0) is 12.3. The van der Waals surface area contributed by atoms with Gasteiger partial charge in [0.2, 0.25) is 5.91 Å². The first-order valence-electron chi connectivity index (χ1n) is 6.21. The molecule has 1 unspecified atom stereocenters. The summed E-state index contributed by atoms with van der Waals surface area (Å²) in [5.74, 6) is 0.196. The van der Waals surface area contributed by atoms with E-state index >= 15 is 0 Å². The third-order valence-electron chi connectivity index (χ3n) is 3.24. The monoisotopic (exact) mass is 253 g/mol. The first kappa shape index (κ1) is 12.6. The minimum atomic E-state index is -0.0214. The molecule has 1 aliphatic heterocycles. The van der Waals surface area contributed by atoms with Gasteiger partial charge in [0.15, 0.2) is 0 Å². The van der Waals surface area contributed by atoms with E-state index in [0.29, 0.717) is 6.42 Å². The van der Waals surface area contributed by atoms with E-state index in [2.05, 4.69) is 11.4 Å². The van der Waals surface area contributed by atoms with Crippen LogP contribution < -0.4 is 0 Å². The molecule has 0 spiro atoms. The first-order chi connectivity index (χ1) is 8.26. The van der Waals surface area contributed by atoms with Gasteiger partial charge >= 0.3 is 0 Å². The van der Waals surface area contributed by atoms with Crippen molar-refractivity contribution in [1.82, 2.24) is 4.90 Å². The number of hydrogen-bond acceptors (Lipinski definition) is 3. The van der Waals surface area contributed by atoms with Gasteiger partial charge in [0, 0.05) is 18.0 Å². The molecule has 1 amide bonds. The average molecular weight is 253 g/mol. The van der Waals surface area contributed by atoms with Crippen molar-refractivity contribution < 1.29 is 9.53 Å². The average Bonchev–Trinajstić information content (AvgIpc) is 2.80. The summed E-state index contributed by atoms with van der Waals surface area (Å²) < 4.78 is 5.74. The molecule has 1 aromatic heterocycles. The van der Waals surface area contributed by atoms with Crippen LogP contribution >= 0.6 is 11.3 Å². The highest BCUT2D eigenvalue weighted by molar-refractivity contribution is 7.10. The van der Waals surface area contributed by atoms with E-state index in [9.17, 15) is 4.79 Å². The molecule has 0 saturated heterocycles. The van der Waals surface area contributed by atoms with Crippen molar-refractivity contribution >= 4 is 17.2 Å². The smallest absolute Gasteiger partial charge is 0.225 e. The third kappa shape index (κ3) is 2.69. The van der Waals surface area contributed by atoms with Gasteiger partial charge in [0.25, 0.3) is 0 Å². The normalized spacial score (nSPS) is 18.8. The van der Waals surface area contributed by atoms with Crippen LogP contribution in [0.15, 0.2) is 11.4 Å². The number of nitrogens with zero attached hydrogens (tertiary/aromatic N) is 1. The Kier molecular flexibility index (Phi) is 4.18. The standard InChI is InChI=1S/C13H19NO2S/c1-3-14(4-2)12(15)9-11-13-10(5-7-16-11)6-8-17-13/h6,8,11H,3-5,7,9H2,1-2H3. The molecule has 0 aromatic carbocycles. The lowest BCUT2D eigenvalue weighted by molar-refractivity contribution is -0.134. The van der Waals surface area contributed by atoms with Crippen LogP contribution in [0.3, 0.4) is 0 Å². The van der Waals surface area contributed by atoms with Gasteiger partial charge < -0.3 is 9.64 Å². The molecule has 0 radical (unpaired) electrons. The van der Waals surface area contributed by atoms with Crippen LogP contribution in [-0.4, -0.2) is 30.5 Å². The molecular formula is C13H19NO2S. The molecule has 94 valence electrons. The van der Waals surface area contributed by atoms with Gasteiger partial charge in [-0.15, -0.1) is 11.3 Å². The van der Waals surface area contributed by atoms with Crippen molar-refractivity contribution in [3.8, 4) is 0 Å². The van der Waals surface area contributed by atoms with Crippen molar-refractivity contribution in [1.29, 1.82) is 0 Å². The second-order valence-corrected chi connectivity index (χ2v) is 5.14. The van der Waals surface area contributed by atoms with Crippen molar-refractivity contribution in [2.45, 2.75) is 32.8 Å². The molecule has 0 fully saturated rings. The fraction of sp³-hybridized carbons (Fsp3) is 0.615. The van der Waals surface area contributed by atoms with Gasteiger partial charge in [-0.05, 0) is 37.3 Å². The number of ether oxygens (including phenoxy) is 1. The van der Waals surface area contributed by atoms with Gasteiger partial charge in [0.1, 0.15) is 6.10 Å². The number of rotatable bonds is 4. The van der Waals surface area contributed by atoms with Crippen LogP contribution in [0.2, 0.25) is 0 Å². The number of carbonyl (C=O) groups is 1. The van der Waals surface area contributed by atoms with Crippen molar-refractivity contribution in [3.63, 3.8) is 0 Å². The van der Waals surface area contributed by atoms with Crippen LogP contribution in [0.1, 0.15) is 36.8 Å². The molecule has 1 aliphatic rings. The number of thiophene rings is 1. The quantitative estimate of drug-likeness (QED) is 0.825. The molecule has 2 rings (SSSR count). The lowest BCUT2D eigenvalue weighted by Crippen LogP contribution is -2.32. The lowest BCUT2D eigenvalue weighted by atomic mass is 10.1. The van der Waals surface area contributed by atoms with E-state index < -0.39 is 0 Å². The Balaban J connectivity index is 2.04. The van der Waals surface area contributed by atoms with Crippen LogP contribution in [0.5, 0.6) is 0 Å². The van der Waals surface area contributed by atoms with Crippen LogP contribution in [0.25, 0.3) is 0 Å². The minimum Gasteiger partial charge on any atom is -0.372 e. The Morgan fingerprint density at radius 3 is 3.00 bits per heavy atom. The largest absolute Gasteiger partial charge is 0.372 e. The Morgan fingerprint density at radius 2 is 2.29 bits per heavy atom. The van der Waals surface area contributed by atoms with Gasteiger partial charge in [-0.2, -0.15) is 0 Å². The van der Waals surface area contributed by atoms with E-state index in [1.54, 1.807) is 11.3 Å². The predicted molar refractivity (Wildman–Crippen MR) is 69.3 cm³/mol. The maximum Gasteiger partial charge on any atom is 0.225 e. The molecule has 1 aromatic rings. The maximum absolute atomic E-state index is 12.1. The molecular weight excluding hydrogens is 234 g/mol. The van der Waals surface area contributed by atoms with E-state index in [0.717, 1.165) is 26.1 Å². The highest BCUT2D eigenvalue weighted by Gasteiger charge is 2.25. The Labute approximate surface area is 106 Å². The summed E-state index contributed by atoms with van der Waals surface area (Å²) in [5.41, 5.74) is 1.36. The van der Waals surface area contributed by atoms with Crippen molar-refractivity contribution in [2.24, 2.45) is 0 Å². The maximum atomic E-state index is 12.1. The second-order valence-electron chi connectivity index (χ2n) is 4.19. The molecule has 1 atom stereocenters. The lowest BCUT2D eigenvalue weighted by Gasteiger charge is -2.26. The van der Waals surface area contributed by atoms with Gasteiger partial charge in [-0.3, -0.25) is 4.79 Å².